The summed E-state index contributed by atoms with van der Waals surface area (Å²) in [6.45, 7) is 6.39. The first kappa shape index (κ1) is 23.5. The Balaban J connectivity index is 1.59. The van der Waals surface area contributed by atoms with Gasteiger partial charge in [-0.1, -0.05) is 63.1 Å². The van der Waals surface area contributed by atoms with Gasteiger partial charge in [-0.05, 0) is 49.4 Å². The fourth-order valence-electron chi connectivity index (χ4n) is 3.24. The molecule has 5 heteroatoms. The molecule has 3 rings (SSSR count). The predicted molar refractivity (Wildman–Crippen MR) is 127 cm³/mol. The number of esters is 1. The molecular weight excluding hydrogens is 400 g/mol. The fraction of sp³-hybridized carbons (Fsp3) is 0.370. The van der Waals surface area contributed by atoms with Crippen LogP contribution in [0.15, 0.2) is 60.9 Å². The Labute approximate surface area is 190 Å². The number of benzene rings is 2. The summed E-state index contributed by atoms with van der Waals surface area (Å²) in [5.74, 6) is 0.991. The molecule has 0 saturated heterocycles. The van der Waals surface area contributed by atoms with Crippen molar-refractivity contribution < 1.29 is 14.3 Å². The summed E-state index contributed by atoms with van der Waals surface area (Å²) in [5.41, 5.74) is 4.27. The average molecular weight is 433 g/mol. The molecule has 168 valence electrons. The third kappa shape index (κ3) is 6.64. The SMILES string of the molecule is CCCCOC(=O)C(C)Oc1ccc(-c2cnc(-c3ccc(CCCC)cc3)nc2)cc1. The lowest BCUT2D eigenvalue weighted by Crippen LogP contribution is -2.26. The van der Waals surface area contributed by atoms with Crippen LogP contribution in [0, 0.1) is 0 Å². The second-order valence-corrected chi connectivity index (χ2v) is 7.90. The van der Waals surface area contributed by atoms with Crippen LogP contribution in [0.25, 0.3) is 22.5 Å². The van der Waals surface area contributed by atoms with Gasteiger partial charge < -0.3 is 9.47 Å². The van der Waals surface area contributed by atoms with Crippen LogP contribution in [0.2, 0.25) is 0 Å². The van der Waals surface area contributed by atoms with Crippen LogP contribution in [0.4, 0.5) is 0 Å². The Hall–Kier alpha value is -3.21. The molecule has 2 aromatic carbocycles. The Bertz CT molecular complexity index is 967. The van der Waals surface area contributed by atoms with Crippen molar-refractivity contribution in [1.29, 1.82) is 0 Å². The Morgan fingerprint density at radius 2 is 1.47 bits per heavy atom. The van der Waals surface area contributed by atoms with Crippen LogP contribution < -0.4 is 4.74 Å². The van der Waals surface area contributed by atoms with Crippen molar-refractivity contribution in [3.05, 3.63) is 66.5 Å². The molecule has 0 radical (unpaired) electrons. The van der Waals surface area contributed by atoms with E-state index in [0.717, 1.165) is 36.0 Å². The highest BCUT2D eigenvalue weighted by atomic mass is 16.6. The van der Waals surface area contributed by atoms with Crippen LogP contribution in [0.5, 0.6) is 5.75 Å². The molecular formula is C27H32N2O3. The summed E-state index contributed by atoms with van der Waals surface area (Å²) in [6, 6.07) is 16.0. The summed E-state index contributed by atoms with van der Waals surface area (Å²) in [4.78, 5) is 21.0. The summed E-state index contributed by atoms with van der Waals surface area (Å²) in [5, 5.41) is 0. The summed E-state index contributed by atoms with van der Waals surface area (Å²) in [7, 11) is 0. The predicted octanol–water partition coefficient (Wildman–Crippen LogP) is 6.26. The highest BCUT2D eigenvalue weighted by Crippen LogP contribution is 2.24. The number of unbranched alkanes of at least 4 members (excludes halogenated alkanes) is 2. The molecule has 1 aromatic heterocycles. The van der Waals surface area contributed by atoms with Crippen LogP contribution in [-0.4, -0.2) is 28.6 Å². The van der Waals surface area contributed by atoms with Crippen molar-refractivity contribution in [2.75, 3.05) is 6.61 Å². The van der Waals surface area contributed by atoms with Gasteiger partial charge in [0.2, 0.25) is 0 Å². The molecule has 5 nitrogen and oxygen atoms in total. The first-order valence-electron chi connectivity index (χ1n) is 11.5. The largest absolute Gasteiger partial charge is 0.479 e. The minimum Gasteiger partial charge on any atom is -0.479 e. The van der Waals surface area contributed by atoms with Gasteiger partial charge in [0.1, 0.15) is 5.75 Å². The van der Waals surface area contributed by atoms with Gasteiger partial charge in [0.15, 0.2) is 11.9 Å². The lowest BCUT2D eigenvalue weighted by Gasteiger charge is -2.14. The van der Waals surface area contributed by atoms with Crippen LogP contribution in [-0.2, 0) is 16.0 Å². The molecule has 1 unspecified atom stereocenters. The second-order valence-electron chi connectivity index (χ2n) is 7.90. The molecule has 32 heavy (non-hydrogen) atoms. The van der Waals surface area contributed by atoms with Crippen LogP contribution in [0.3, 0.4) is 0 Å². The third-order valence-electron chi connectivity index (χ3n) is 5.26. The Kier molecular flexibility index (Phi) is 8.79. The van der Waals surface area contributed by atoms with Crippen molar-refractivity contribution >= 4 is 5.97 Å². The zero-order valence-corrected chi connectivity index (χ0v) is 19.2. The van der Waals surface area contributed by atoms with Gasteiger partial charge in [-0.15, -0.1) is 0 Å². The second kappa shape index (κ2) is 12.0. The number of hydrogen-bond donors (Lipinski definition) is 0. The van der Waals surface area contributed by atoms with Gasteiger partial charge >= 0.3 is 5.97 Å². The number of hydrogen-bond acceptors (Lipinski definition) is 5. The van der Waals surface area contributed by atoms with Gasteiger partial charge in [0.25, 0.3) is 0 Å². The van der Waals surface area contributed by atoms with Gasteiger partial charge in [0.05, 0.1) is 6.61 Å². The van der Waals surface area contributed by atoms with E-state index in [4.69, 9.17) is 9.47 Å². The molecule has 0 spiro atoms. The molecule has 1 atom stereocenters. The third-order valence-corrected chi connectivity index (χ3v) is 5.26. The van der Waals surface area contributed by atoms with Crippen molar-refractivity contribution in [2.24, 2.45) is 0 Å². The smallest absolute Gasteiger partial charge is 0.347 e. The van der Waals surface area contributed by atoms with Crippen LogP contribution in [0.1, 0.15) is 52.0 Å². The van der Waals surface area contributed by atoms with E-state index < -0.39 is 6.10 Å². The minimum absolute atomic E-state index is 0.343. The van der Waals surface area contributed by atoms with Crippen molar-refractivity contribution in [3.8, 4) is 28.3 Å². The molecule has 0 fully saturated rings. The van der Waals surface area contributed by atoms with Crippen LogP contribution >= 0.6 is 0 Å². The number of carbonyl (C=O) groups excluding carboxylic acids is 1. The average Bonchev–Trinajstić information content (AvgIpc) is 2.84. The molecule has 0 amide bonds. The molecule has 0 saturated carbocycles. The van der Waals surface area contributed by atoms with E-state index in [1.807, 2.05) is 36.7 Å². The summed E-state index contributed by atoms with van der Waals surface area (Å²) in [6.07, 6.45) is 8.37. The van der Waals surface area contributed by atoms with Gasteiger partial charge in [-0.25, -0.2) is 14.8 Å². The zero-order chi connectivity index (χ0) is 22.8. The maximum absolute atomic E-state index is 12.0. The van der Waals surface area contributed by atoms with Gasteiger partial charge in [0, 0.05) is 23.5 Å². The number of rotatable bonds is 11. The number of aromatic nitrogens is 2. The molecule has 0 bridgehead atoms. The van der Waals surface area contributed by atoms with E-state index in [0.29, 0.717) is 18.2 Å². The van der Waals surface area contributed by atoms with E-state index in [1.54, 1.807) is 6.92 Å². The molecule has 3 aromatic rings. The summed E-state index contributed by atoms with van der Waals surface area (Å²) < 4.78 is 10.9. The minimum atomic E-state index is -0.645. The Morgan fingerprint density at radius 1 is 0.844 bits per heavy atom. The number of carbonyl (C=O) groups is 1. The maximum atomic E-state index is 12.0. The van der Waals surface area contributed by atoms with Gasteiger partial charge in [-0.3, -0.25) is 0 Å². The van der Waals surface area contributed by atoms with E-state index >= 15 is 0 Å². The zero-order valence-electron chi connectivity index (χ0n) is 19.2. The highest BCUT2D eigenvalue weighted by Gasteiger charge is 2.16. The lowest BCUT2D eigenvalue weighted by molar-refractivity contribution is -0.151. The number of aryl methyl sites for hydroxylation is 1. The van der Waals surface area contributed by atoms with E-state index in [2.05, 4.69) is 48.1 Å². The molecule has 0 aliphatic rings. The van der Waals surface area contributed by atoms with E-state index in [1.165, 1.54) is 18.4 Å². The topological polar surface area (TPSA) is 61.3 Å². The number of ether oxygens (including phenoxy) is 2. The van der Waals surface area contributed by atoms with E-state index in [9.17, 15) is 4.79 Å². The molecule has 1 heterocycles. The van der Waals surface area contributed by atoms with Crippen molar-refractivity contribution in [2.45, 2.75) is 59.0 Å². The number of nitrogens with zero attached hydrogens (tertiary/aromatic N) is 2. The lowest BCUT2D eigenvalue weighted by atomic mass is 10.1. The Morgan fingerprint density at radius 3 is 2.09 bits per heavy atom. The molecule has 0 aliphatic carbocycles. The summed E-state index contributed by atoms with van der Waals surface area (Å²) >= 11 is 0. The first-order valence-corrected chi connectivity index (χ1v) is 11.5. The highest BCUT2D eigenvalue weighted by molar-refractivity contribution is 5.74. The van der Waals surface area contributed by atoms with E-state index in [-0.39, 0.29) is 5.97 Å². The molecule has 0 N–H and O–H groups in total. The maximum Gasteiger partial charge on any atom is 0.347 e. The monoisotopic (exact) mass is 432 g/mol. The fourth-order valence-corrected chi connectivity index (χ4v) is 3.24. The normalized spacial score (nSPS) is 11.7. The standard InChI is InChI=1S/C27H32N2O3/c1-4-6-8-21-9-11-23(12-10-21)26-28-18-24(19-29-26)22-13-15-25(16-14-22)32-20(3)27(30)31-17-7-5-2/h9-16,18-20H,4-8,17H2,1-3H3. The van der Waals surface area contributed by atoms with Gasteiger partial charge in [-0.2, -0.15) is 0 Å². The van der Waals surface area contributed by atoms with Crippen molar-refractivity contribution in [1.82, 2.24) is 9.97 Å². The molecule has 0 aliphatic heterocycles. The quantitative estimate of drug-likeness (QED) is 0.264. The first-order chi connectivity index (χ1) is 15.6. The van der Waals surface area contributed by atoms with Crippen molar-refractivity contribution in [3.63, 3.8) is 0 Å².